The Balaban J connectivity index is 0.00000300. The molecule has 2 unspecified atom stereocenters. The van der Waals surface area contributed by atoms with E-state index >= 15 is 0 Å². The summed E-state index contributed by atoms with van der Waals surface area (Å²) in [5.41, 5.74) is 0.0551. The van der Waals surface area contributed by atoms with Crippen molar-refractivity contribution in [3.63, 3.8) is 0 Å². The van der Waals surface area contributed by atoms with Crippen LogP contribution in [0.15, 0.2) is 23.2 Å². The van der Waals surface area contributed by atoms with Gasteiger partial charge in [0, 0.05) is 51.9 Å². The van der Waals surface area contributed by atoms with Crippen molar-refractivity contribution in [1.82, 2.24) is 10.6 Å². The molecule has 2 atom stereocenters. The molecule has 0 aliphatic carbocycles. The third-order valence-electron chi connectivity index (χ3n) is 5.14. The van der Waals surface area contributed by atoms with Gasteiger partial charge < -0.3 is 25.0 Å². The zero-order valence-corrected chi connectivity index (χ0v) is 19.2. The largest absolute Gasteiger partial charge is 0.381 e. The normalized spacial score (nSPS) is 21.9. The lowest BCUT2D eigenvalue weighted by molar-refractivity contribution is 0.0888. The topological polar surface area (TPSA) is 58.1 Å². The van der Waals surface area contributed by atoms with Crippen LogP contribution in [0.4, 0.5) is 14.5 Å². The summed E-state index contributed by atoms with van der Waals surface area (Å²) in [6, 6.07) is 4.06. The van der Waals surface area contributed by atoms with Crippen LogP contribution in [-0.4, -0.2) is 65.1 Å². The Bertz CT molecular complexity index is 639. The highest BCUT2D eigenvalue weighted by Gasteiger charge is 2.27. The molecule has 1 aromatic carbocycles. The summed E-state index contributed by atoms with van der Waals surface area (Å²) in [7, 11) is 1.72. The second kappa shape index (κ2) is 12.5. The zero-order chi connectivity index (χ0) is 19.8. The summed E-state index contributed by atoms with van der Waals surface area (Å²) >= 11 is 0. The van der Waals surface area contributed by atoms with Gasteiger partial charge in [-0.3, -0.25) is 4.99 Å². The number of para-hydroxylation sites is 1. The lowest BCUT2D eigenvalue weighted by Crippen LogP contribution is -2.45. The lowest BCUT2D eigenvalue weighted by Gasteiger charge is -2.21. The number of aliphatic imine (C=N–C) groups is 1. The van der Waals surface area contributed by atoms with Crippen molar-refractivity contribution in [1.29, 1.82) is 0 Å². The first kappa shape index (κ1) is 24.1. The van der Waals surface area contributed by atoms with Gasteiger partial charge in [0.1, 0.15) is 17.3 Å². The average molecular weight is 524 g/mol. The Morgan fingerprint density at radius 1 is 1.31 bits per heavy atom. The van der Waals surface area contributed by atoms with Crippen LogP contribution >= 0.6 is 24.0 Å². The third kappa shape index (κ3) is 7.21. The van der Waals surface area contributed by atoms with E-state index in [1.165, 1.54) is 18.2 Å². The highest BCUT2D eigenvalue weighted by molar-refractivity contribution is 14.0. The fraction of sp³-hybridized carbons (Fsp3) is 0.650. The Kier molecular flexibility index (Phi) is 10.4. The van der Waals surface area contributed by atoms with Crippen LogP contribution in [0.5, 0.6) is 0 Å². The number of guanidine groups is 1. The second-order valence-corrected chi connectivity index (χ2v) is 7.30. The van der Waals surface area contributed by atoms with Crippen LogP contribution in [0.1, 0.15) is 19.3 Å². The number of rotatable bonds is 8. The van der Waals surface area contributed by atoms with Crippen LogP contribution in [0.2, 0.25) is 0 Å². The molecule has 9 heteroatoms. The van der Waals surface area contributed by atoms with Crippen LogP contribution < -0.4 is 15.5 Å². The van der Waals surface area contributed by atoms with Crippen LogP contribution in [0.3, 0.4) is 0 Å². The van der Waals surface area contributed by atoms with Crippen LogP contribution in [0.25, 0.3) is 0 Å². The molecule has 164 valence electrons. The molecule has 0 saturated carbocycles. The predicted molar refractivity (Wildman–Crippen MR) is 121 cm³/mol. The fourth-order valence-electron chi connectivity index (χ4n) is 3.61. The maximum Gasteiger partial charge on any atom is 0.191 e. The first-order valence-corrected chi connectivity index (χ1v) is 9.99. The van der Waals surface area contributed by atoms with Gasteiger partial charge in [0.25, 0.3) is 0 Å². The molecule has 0 amide bonds. The van der Waals surface area contributed by atoms with E-state index in [-0.39, 0.29) is 35.7 Å². The molecule has 6 nitrogen and oxygen atoms in total. The van der Waals surface area contributed by atoms with E-state index in [9.17, 15) is 8.78 Å². The van der Waals surface area contributed by atoms with Gasteiger partial charge in [-0.25, -0.2) is 8.78 Å². The van der Waals surface area contributed by atoms with Crippen molar-refractivity contribution in [2.45, 2.75) is 25.3 Å². The summed E-state index contributed by atoms with van der Waals surface area (Å²) in [6.07, 6.45) is 2.76. The minimum absolute atomic E-state index is 0. The van der Waals surface area contributed by atoms with E-state index in [0.29, 0.717) is 31.6 Å². The van der Waals surface area contributed by atoms with Crippen molar-refractivity contribution in [3.05, 3.63) is 29.8 Å². The Morgan fingerprint density at radius 2 is 2.10 bits per heavy atom. The van der Waals surface area contributed by atoms with Gasteiger partial charge in [-0.2, -0.15) is 0 Å². The number of nitrogens with one attached hydrogen (secondary N) is 2. The number of halogens is 3. The SMILES string of the molecule is CN=C(NCCCOCC1CCOC1)NC1CCN(c2c(F)cccc2F)C1.I. The molecule has 2 aliphatic heterocycles. The Hall–Kier alpha value is -1.20. The molecule has 3 rings (SSSR count). The number of ether oxygens (including phenoxy) is 2. The average Bonchev–Trinajstić information content (AvgIpc) is 3.35. The summed E-state index contributed by atoms with van der Waals surface area (Å²) in [5.74, 6) is 0.191. The van der Waals surface area contributed by atoms with Crippen LogP contribution in [-0.2, 0) is 9.47 Å². The van der Waals surface area contributed by atoms with Gasteiger partial charge in [0.05, 0.1) is 13.2 Å². The minimum atomic E-state index is -0.521. The Morgan fingerprint density at radius 3 is 2.79 bits per heavy atom. The van der Waals surface area contributed by atoms with Crippen molar-refractivity contribution in [2.75, 3.05) is 58.0 Å². The minimum Gasteiger partial charge on any atom is -0.381 e. The van der Waals surface area contributed by atoms with E-state index in [4.69, 9.17) is 9.47 Å². The molecule has 0 bridgehead atoms. The monoisotopic (exact) mass is 524 g/mol. The van der Waals surface area contributed by atoms with Gasteiger partial charge in [0.15, 0.2) is 5.96 Å². The molecule has 2 heterocycles. The summed E-state index contributed by atoms with van der Waals surface area (Å²) in [5, 5.41) is 6.60. The molecule has 0 spiro atoms. The van der Waals surface area contributed by atoms with E-state index in [1.807, 2.05) is 0 Å². The van der Waals surface area contributed by atoms with Gasteiger partial charge in [-0.1, -0.05) is 6.07 Å². The summed E-state index contributed by atoms with van der Waals surface area (Å²) < 4.78 is 39.0. The quantitative estimate of drug-likeness (QED) is 0.237. The van der Waals surface area contributed by atoms with Crippen LogP contribution in [0, 0.1) is 17.6 Å². The molecule has 29 heavy (non-hydrogen) atoms. The number of nitrogens with zero attached hydrogens (tertiary/aromatic N) is 2. The standard InChI is InChI=1S/C20H30F2N4O2.HI/c1-23-20(24-8-3-10-27-13-15-7-11-28-14-15)25-16-6-9-26(12-16)19-17(21)4-2-5-18(19)22;/h2,4-5,15-16H,3,6-14H2,1H3,(H2,23,24,25);1H. The van der Waals surface area contributed by atoms with E-state index in [0.717, 1.165) is 45.6 Å². The maximum atomic E-state index is 14.0. The van der Waals surface area contributed by atoms with Gasteiger partial charge in [-0.05, 0) is 31.4 Å². The number of anilines is 1. The predicted octanol–water partition coefficient (Wildman–Crippen LogP) is 2.77. The molecule has 0 aromatic heterocycles. The Labute approximate surface area is 188 Å². The maximum absolute atomic E-state index is 14.0. The molecule has 2 saturated heterocycles. The van der Waals surface area contributed by atoms with E-state index < -0.39 is 11.6 Å². The number of hydrogen-bond acceptors (Lipinski definition) is 4. The third-order valence-corrected chi connectivity index (χ3v) is 5.14. The molecule has 2 fully saturated rings. The van der Waals surface area contributed by atoms with Gasteiger partial charge in [0.2, 0.25) is 0 Å². The van der Waals surface area contributed by atoms with Crippen molar-refractivity contribution >= 4 is 35.6 Å². The van der Waals surface area contributed by atoms with E-state index in [1.54, 1.807) is 11.9 Å². The highest BCUT2D eigenvalue weighted by atomic mass is 127. The first-order chi connectivity index (χ1) is 13.7. The van der Waals surface area contributed by atoms with Gasteiger partial charge in [-0.15, -0.1) is 24.0 Å². The molecular formula is C20H31F2IN4O2. The molecule has 0 radical (unpaired) electrons. The lowest BCUT2D eigenvalue weighted by atomic mass is 10.1. The van der Waals surface area contributed by atoms with Gasteiger partial charge >= 0.3 is 0 Å². The molecular weight excluding hydrogens is 493 g/mol. The van der Waals surface area contributed by atoms with Crippen molar-refractivity contribution in [3.8, 4) is 0 Å². The zero-order valence-electron chi connectivity index (χ0n) is 16.8. The summed E-state index contributed by atoms with van der Waals surface area (Å²) in [6.45, 7) is 5.00. The molecule has 2 aliphatic rings. The first-order valence-electron chi connectivity index (χ1n) is 9.99. The smallest absolute Gasteiger partial charge is 0.191 e. The van der Waals surface area contributed by atoms with Crippen molar-refractivity contribution in [2.24, 2.45) is 10.9 Å². The second-order valence-electron chi connectivity index (χ2n) is 7.30. The fourth-order valence-corrected chi connectivity index (χ4v) is 3.61. The molecule has 2 N–H and O–H groups in total. The molecule has 1 aromatic rings. The number of benzene rings is 1. The van der Waals surface area contributed by atoms with Crippen molar-refractivity contribution < 1.29 is 18.3 Å². The van der Waals surface area contributed by atoms with E-state index in [2.05, 4.69) is 15.6 Å². The summed E-state index contributed by atoms with van der Waals surface area (Å²) in [4.78, 5) is 5.98. The highest BCUT2D eigenvalue weighted by Crippen LogP contribution is 2.26. The number of hydrogen-bond donors (Lipinski definition) is 2.